The maximum atomic E-state index is 12.0. The topological polar surface area (TPSA) is 126 Å². The number of aliphatic imine (C=N–C) groups is 1. The average molecular weight is 312 g/mol. The Morgan fingerprint density at radius 2 is 2.00 bits per heavy atom. The van der Waals surface area contributed by atoms with Crippen molar-refractivity contribution in [3.05, 3.63) is 11.6 Å². The van der Waals surface area contributed by atoms with Crippen LogP contribution in [0.5, 0.6) is 0 Å². The summed E-state index contributed by atoms with van der Waals surface area (Å²) in [6.07, 6.45) is 3.50. The van der Waals surface area contributed by atoms with E-state index >= 15 is 0 Å². The van der Waals surface area contributed by atoms with Crippen molar-refractivity contribution in [1.29, 1.82) is 0 Å². The Morgan fingerprint density at radius 3 is 2.50 bits per heavy atom. The lowest BCUT2D eigenvalue weighted by Crippen LogP contribution is -2.50. The first kappa shape index (κ1) is 18.4. The standard InChI is InChI=1S/C15H28N4O3/c1-4-10(5-2)22-12-8-9(14(20)21-6-3)7-11(13(12)16)19-15(17)18/h8,10-13H,4-7,16H2,1-3H3,(H4,17,18,19). The van der Waals surface area contributed by atoms with E-state index in [0.717, 1.165) is 12.8 Å². The first-order valence-electron chi connectivity index (χ1n) is 7.80. The van der Waals surface area contributed by atoms with Crippen LogP contribution < -0.4 is 17.2 Å². The zero-order valence-electron chi connectivity index (χ0n) is 13.6. The molecule has 0 saturated heterocycles. The third kappa shape index (κ3) is 4.99. The van der Waals surface area contributed by atoms with E-state index in [1.807, 2.05) is 13.8 Å². The van der Waals surface area contributed by atoms with E-state index in [4.69, 9.17) is 26.7 Å². The molecule has 7 heteroatoms. The van der Waals surface area contributed by atoms with E-state index in [-0.39, 0.29) is 18.0 Å². The smallest absolute Gasteiger partial charge is 0.333 e. The summed E-state index contributed by atoms with van der Waals surface area (Å²) in [6, 6.07) is -0.797. The second kappa shape index (κ2) is 8.75. The number of guanidine groups is 1. The summed E-state index contributed by atoms with van der Waals surface area (Å²) in [6.45, 7) is 6.17. The third-order valence-corrected chi connectivity index (χ3v) is 3.73. The Labute approximate surface area is 131 Å². The number of ether oxygens (including phenoxy) is 2. The van der Waals surface area contributed by atoms with E-state index in [2.05, 4.69) is 4.99 Å². The Morgan fingerprint density at radius 1 is 1.36 bits per heavy atom. The van der Waals surface area contributed by atoms with Crippen LogP contribution in [-0.4, -0.2) is 42.8 Å². The molecule has 0 heterocycles. The predicted octanol–water partition coefficient (Wildman–Crippen LogP) is 0.423. The van der Waals surface area contributed by atoms with E-state index in [1.165, 1.54) is 0 Å². The van der Waals surface area contributed by atoms with Gasteiger partial charge in [-0.3, -0.25) is 0 Å². The summed E-state index contributed by atoms with van der Waals surface area (Å²) in [7, 11) is 0. The number of esters is 1. The van der Waals surface area contributed by atoms with Crippen molar-refractivity contribution in [3.8, 4) is 0 Å². The molecule has 0 fully saturated rings. The molecule has 0 radical (unpaired) electrons. The maximum Gasteiger partial charge on any atom is 0.333 e. The average Bonchev–Trinajstić information content (AvgIpc) is 2.47. The minimum Gasteiger partial charge on any atom is -0.463 e. The number of nitrogens with two attached hydrogens (primary N) is 3. The van der Waals surface area contributed by atoms with Crippen LogP contribution in [0.2, 0.25) is 0 Å². The molecular weight excluding hydrogens is 284 g/mol. The van der Waals surface area contributed by atoms with Gasteiger partial charge in [0, 0.05) is 12.0 Å². The van der Waals surface area contributed by atoms with Gasteiger partial charge in [-0.25, -0.2) is 9.79 Å². The molecule has 1 rings (SSSR count). The molecule has 126 valence electrons. The summed E-state index contributed by atoms with van der Waals surface area (Å²) >= 11 is 0. The number of nitrogens with zero attached hydrogens (tertiary/aromatic N) is 1. The third-order valence-electron chi connectivity index (χ3n) is 3.73. The van der Waals surface area contributed by atoms with Crippen LogP contribution in [0.4, 0.5) is 0 Å². The number of carbonyl (C=O) groups is 1. The summed E-state index contributed by atoms with van der Waals surface area (Å²) in [5.41, 5.74) is 17.7. The van der Waals surface area contributed by atoms with Crippen molar-refractivity contribution >= 4 is 11.9 Å². The van der Waals surface area contributed by atoms with Crippen LogP contribution >= 0.6 is 0 Å². The van der Waals surface area contributed by atoms with Gasteiger partial charge < -0.3 is 26.7 Å². The van der Waals surface area contributed by atoms with Gasteiger partial charge in [0.25, 0.3) is 0 Å². The fourth-order valence-electron chi connectivity index (χ4n) is 2.49. The molecule has 0 aliphatic heterocycles. The molecule has 0 aromatic heterocycles. The van der Waals surface area contributed by atoms with Gasteiger partial charge >= 0.3 is 5.97 Å². The van der Waals surface area contributed by atoms with Gasteiger partial charge in [0.05, 0.1) is 30.9 Å². The van der Waals surface area contributed by atoms with E-state index < -0.39 is 18.2 Å². The molecule has 0 spiro atoms. The molecule has 0 saturated carbocycles. The minimum absolute atomic E-state index is 0.0492. The Hall–Kier alpha value is -1.60. The van der Waals surface area contributed by atoms with Gasteiger partial charge in [-0.15, -0.1) is 0 Å². The minimum atomic E-state index is -0.411. The molecule has 0 aromatic carbocycles. The van der Waals surface area contributed by atoms with Gasteiger partial charge in [0.1, 0.15) is 0 Å². The fourth-order valence-corrected chi connectivity index (χ4v) is 2.49. The molecule has 0 amide bonds. The summed E-state index contributed by atoms with van der Waals surface area (Å²) < 4.78 is 11.1. The second-order valence-electron chi connectivity index (χ2n) is 5.35. The largest absolute Gasteiger partial charge is 0.463 e. The first-order valence-corrected chi connectivity index (χ1v) is 7.80. The Kier molecular flexibility index (Phi) is 7.34. The zero-order valence-corrected chi connectivity index (χ0v) is 13.6. The predicted molar refractivity (Wildman–Crippen MR) is 86.1 cm³/mol. The Bertz CT molecular complexity index is 429. The van der Waals surface area contributed by atoms with Crippen LogP contribution in [0, 0.1) is 0 Å². The maximum absolute atomic E-state index is 12.0. The van der Waals surface area contributed by atoms with Crippen molar-refractivity contribution in [2.24, 2.45) is 22.2 Å². The Balaban J connectivity index is 3.00. The highest BCUT2D eigenvalue weighted by molar-refractivity contribution is 5.89. The van der Waals surface area contributed by atoms with E-state index in [1.54, 1.807) is 13.0 Å². The fraction of sp³-hybridized carbons (Fsp3) is 0.733. The van der Waals surface area contributed by atoms with Gasteiger partial charge in [0.15, 0.2) is 5.96 Å². The molecule has 6 N–H and O–H groups in total. The number of carbonyl (C=O) groups excluding carboxylic acids is 1. The van der Waals surface area contributed by atoms with Gasteiger partial charge in [-0.05, 0) is 25.8 Å². The van der Waals surface area contributed by atoms with Gasteiger partial charge in [0.2, 0.25) is 0 Å². The van der Waals surface area contributed by atoms with Crippen molar-refractivity contribution in [2.75, 3.05) is 6.61 Å². The monoisotopic (exact) mass is 312 g/mol. The lowest BCUT2D eigenvalue weighted by Gasteiger charge is -2.34. The van der Waals surface area contributed by atoms with Gasteiger partial charge in [-0.2, -0.15) is 0 Å². The first-order chi connectivity index (χ1) is 10.4. The van der Waals surface area contributed by atoms with Crippen LogP contribution in [0.1, 0.15) is 40.0 Å². The zero-order chi connectivity index (χ0) is 16.7. The highest BCUT2D eigenvalue weighted by atomic mass is 16.5. The van der Waals surface area contributed by atoms with Crippen LogP contribution in [-0.2, 0) is 14.3 Å². The highest BCUT2D eigenvalue weighted by Crippen LogP contribution is 2.25. The quantitative estimate of drug-likeness (QED) is 0.355. The van der Waals surface area contributed by atoms with E-state index in [0.29, 0.717) is 18.6 Å². The van der Waals surface area contributed by atoms with Crippen molar-refractivity contribution in [2.45, 2.75) is 64.3 Å². The molecule has 3 unspecified atom stereocenters. The van der Waals surface area contributed by atoms with Crippen LogP contribution in [0.25, 0.3) is 0 Å². The van der Waals surface area contributed by atoms with Gasteiger partial charge in [-0.1, -0.05) is 13.8 Å². The number of hydrogen-bond acceptors (Lipinski definition) is 5. The SMILES string of the molecule is CCOC(=O)C1=CC(OC(CC)CC)C(N)C(N=C(N)N)C1. The lowest BCUT2D eigenvalue weighted by atomic mass is 9.88. The highest BCUT2D eigenvalue weighted by Gasteiger charge is 2.35. The number of rotatable bonds is 7. The molecule has 0 bridgehead atoms. The molecular formula is C15H28N4O3. The molecule has 3 atom stereocenters. The van der Waals surface area contributed by atoms with Crippen molar-refractivity contribution in [3.63, 3.8) is 0 Å². The summed E-state index contributed by atoms with van der Waals surface area (Å²) in [4.78, 5) is 16.1. The van der Waals surface area contributed by atoms with Crippen molar-refractivity contribution < 1.29 is 14.3 Å². The summed E-state index contributed by atoms with van der Waals surface area (Å²) in [5.74, 6) is -0.421. The molecule has 1 aliphatic carbocycles. The van der Waals surface area contributed by atoms with Crippen LogP contribution in [0.15, 0.2) is 16.6 Å². The summed E-state index contributed by atoms with van der Waals surface area (Å²) in [5, 5.41) is 0. The molecule has 1 aliphatic rings. The lowest BCUT2D eigenvalue weighted by molar-refractivity contribution is -0.139. The van der Waals surface area contributed by atoms with Crippen LogP contribution in [0.3, 0.4) is 0 Å². The number of hydrogen-bond donors (Lipinski definition) is 3. The molecule has 22 heavy (non-hydrogen) atoms. The van der Waals surface area contributed by atoms with Crippen molar-refractivity contribution in [1.82, 2.24) is 0 Å². The normalized spacial score (nSPS) is 24.8. The molecule has 7 nitrogen and oxygen atoms in total. The second-order valence-corrected chi connectivity index (χ2v) is 5.35. The molecule has 0 aromatic rings. The van der Waals surface area contributed by atoms with E-state index in [9.17, 15) is 4.79 Å².